The molecule has 31 heavy (non-hydrogen) atoms. The van der Waals surface area contributed by atoms with Crippen LogP contribution in [0.15, 0.2) is 11.6 Å². The highest BCUT2D eigenvalue weighted by atomic mass is 16.5. The van der Waals surface area contributed by atoms with Crippen molar-refractivity contribution in [2.24, 2.45) is 38.9 Å². The molecule has 176 valence electrons. The smallest absolute Gasteiger partial charge is 0.0777 e. The summed E-state index contributed by atoms with van der Waals surface area (Å²) in [5.41, 5.74) is 3.90. The van der Waals surface area contributed by atoms with Gasteiger partial charge in [0.05, 0.1) is 11.7 Å². The number of fused-ring (bicyclic) bond motifs is 4. The van der Waals surface area contributed by atoms with Gasteiger partial charge in [0.2, 0.25) is 0 Å². The highest BCUT2D eigenvalue weighted by Crippen LogP contribution is 2.78. The third kappa shape index (κ3) is 2.77. The molecular weight excluding hydrogens is 376 g/mol. The van der Waals surface area contributed by atoms with Gasteiger partial charge in [0, 0.05) is 5.41 Å². The summed E-state index contributed by atoms with van der Waals surface area (Å²) in [6.07, 6.45) is 18.2. The van der Waals surface area contributed by atoms with Crippen molar-refractivity contribution < 1.29 is 4.74 Å². The Morgan fingerprint density at radius 1 is 0.806 bits per heavy atom. The summed E-state index contributed by atoms with van der Waals surface area (Å²) >= 11 is 0. The van der Waals surface area contributed by atoms with Crippen LogP contribution in [0.2, 0.25) is 0 Å². The summed E-state index contributed by atoms with van der Waals surface area (Å²) in [7, 11) is 0. The van der Waals surface area contributed by atoms with Crippen LogP contribution in [0, 0.1) is 38.9 Å². The average Bonchev–Trinajstić information content (AvgIpc) is 3.20. The first-order chi connectivity index (χ1) is 14.3. The van der Waals surface area contributed by atoms with Crippen LogP contribution in [0.4, 0.5) is 0 Å². The third-order valence-electron chi connectivity index (χ3n) is 12.6. The van der Waals surface area contributed by atoms with E-state index in [0.29, 0.717) is 33.2 Å². The quantitative estimate of drug-likeness (QED) is 0.410. The molecule has 0 aromatic heterocycles. The van der Waals surface area contributed by atoms with Crippen molar-refractivity contribution in [2.75, 3.05) is 0 Å². The molecule has 5 aliphatic rings. The Balaban J connectivity index is 1.45. The maximum atomic E-state index is 7.12. The second-order valence-corrected chi connectivity index (χ2v) is 14.7. The van der Waals surface area contributed by atoms with Crippen molar-refractivity contribution in [1.82, 2.24) is 0 Å². The summed E-state index contributed by atoms with van der Waals surface area (Å²) in [6.45, 7) is 20.3. The molecule has 2 saturated heterocycles. The second kappa shape index (κ2) is 6.64. The van der Waals surface area contributed by atoms with Crippen LogP contribution in [-0.2, 0) is 4.74 Å². The van der Waals surface area contributed by atoms with Crippen LogP contribution in [0.25, 0.3) is 0 Å². The zero-order valence-corrected chi connectivity index (χ0v) is 22.0. The van der Waals surface area contributed by atoms with Gasteiger partial charge in [-0.1, -0.05) is 53.2 Å². The van der Waals surface area contributed by atoms with Gasteiger partial charge in [-0.2, -0.15) is 0 Å². The molecule has 8 atom stereocenters. The number of rotatable bonds is 3. The van der Waals surface area contributed by atoms with E-state index in [1.807, 2.05) is 0 Å². The van der Waals surface area contributed by atoms with Gasteiger partial charge in [-0.05, 0) is 118 Å². The monoisotopic (exact) mass is 426 g/mol. The van der Waals surface area contributed by atoms with Gasteiger partial charge < -0.3 is 4.74 Å². The summed E-state index contributed by atoms with van der Waals surface area (Å²) in [5, 5.41) is 0. The van der Waals surface area contributed by atoms with E-state index in [4.69, 9.17) is 4.74 Å². The molecule has 0 unspecified atom stereocenters. The van der Waals surface area contributed by atoms with Gasteiger partial charge in [0.1, 0.15) is 0 Å². The van der Waals surface area contributed by atoms with E-state index >= 15 is 0 Å². The second-order valence-electron chi connectivity index (χ2n) is 14.7. The topological polar surface area (TPSA) is 9.23 Å². The van der Waals surface area contributed by atoms with Gasteiger partial charge in [-0.15, -0.1) is 0 Å². The van der Waals surface area contributed by atoms with Crippen LogP contribution < -0.4 is 0 Å². The lowest BCUT2D eigenvalue weighted by atomic mass is 9.33. The van der Waals surface area contributed by atoms with Crippen molar-refractivity contribution in [3.63, 3.8) is 0 Å². The van der Waals surface area contributed by atoms with Gasteiger partial charge in [-0.25, -0.2) is 0 Å². The van der Waals surface area contributed by atoms with E-state index < -0.39 is 0 Å². The molecule has 1 nitrogen and oxygen atoms in total. The van der Waals surface area contributed by atoms with Crippen molar-refractivity contribution in [1.29, 1.82) is 0 Å². The number of allylic oxidation sites excluding steroid dienone is 2. The predicted octanol–water partition coefficient (Wildman–Crippen LogP) is 8.72. The summed E-state index contributed by atoms with van der Waals surface area (Å²) in [4.78, 5) is 0. The zero-order chi connectivity index (χ0) is 22.5. The van der Waals surface area contributed by atoms with Gasteiger partial charge in [0.15, 0.2) is 0 Å². The number of ether oxygens (including phenoxy) is 1. The molecule has 3 aliphatic carbocycles. The van der Waals surface area contributed by atoms with Crippen LogP contribution in [-0.4, -0.2) is 11.7 Å². The van der Waals surface area contributed by atoms with Crippen molar-refractivity contribution in [3.8, 4) is 0 Å². The van der Waals surface area contributed by atoms with E-state index in [0.717, 1.165) is 11.8 Å². The minimum Gasteiger partial charge on any atom is -0.370 e. The first-order valence-corrected chi connectivity index (χ1v) is 13.6. The fourth-order valence-corrected chi connectivity index (χ4v) is 10.6. The van der Waals surface area contributed by atoms with Crippen LogP contribution in [0.5, 0.6) is 0 Å². The lowest BCUT2D eigenvalue weighted by Gasteiger charge is -2.71. The molecule has 2 heterocycles. The molecule has 2 bridgehead atoms. The zero-order valence-electron chi connectivity index (χ0n) is 22.0. The summed E-state index contributed by atoms with van der Waals surface area (Å²) < 4.78 is 7.12. The Labute approximate surface area is 193 Å². The molecule has 0 N–H and O–H groups in total. The molecule has 5 fully saturated rings. The number of hydrogen-bond donors (Lipinski definition) is 0. The summed E-state index contributed by atoms with van der Waals surface area (Å²) in [6, 6.07) is 0. The molecule has 1 spiro atoms. The van der Waals surface area contributed by atoms with Crippen LogP contribution >= 0.6 is 0 Å². The maximum absolute atomic E-state index is 7.12. The Bertz CT molecular complexity index is 775. The van der Waals surface area contributed by atoms with Crippen molar-refractivity contribution in [3.05, 3.63) is 11.6 Å². The highest BCUT2D eigenvalue weighted by Gasteiger charge is 2.76. The molecule has 0 radical (unpaired) electrons. The molecular formula is C30H50O. The maximum Gasteiger partial charge on any atom is 0.0777 e. The Hall–Kier alpha value is -0.300. The third-order valence-corrected chi connectivity index (χ3v) is 12.6. The summed E-state index contributed by atoms with van der Waals surface area (Å²) in [5.74, 6) is 1.62. The van der Waals surface area contributed by atoms with Gasteiger partial charge >= 0.3 is 0 Å². The van der Waals surface area contributed by atoms with E-state index in [-0.39, 0.29) is 5.60 Å². The lowest BCUT2D eigenvalue weighted by molar-refractivity contribution is -0.249. The first-order valence-electron chi connectivity index (χ1n) is 13.6. The Morgan fingerprint density at radius 2 is 1.48 bits per heavy atom. The standard InChI is InChI=1S/C30H50O/c1-21(2)10-9-14-26(5)16-18-28(7)23-12-11-22-25(3,4)24-13-15-30(22,31-24)29(23,8)19-17-27(28,6)20-26/h10,22-24H,9,11-20H2,1-8H3/t22-,23-,24+,26+,27+,28-,29-,30-/m1/s1. The molecule has 2 aliphatic heterocycles. The molecule has 0 aromatic rings. The van der Waals surface area contributed by atoms with E-state index in [2.05, 4.69) is 61.5 Å². The van der Waals surface area contributed by atoms with E-state index in [1.165, 1.54) is 76.2 Å². The van der Waals surface area contributed by atoms with E-state index in [9.17, 15) is 0 Å². The number of hydrogen-bond acceptors (Lipinski definition) is 1. The minimum absolute atomic E-state index is 0.179. The lowest BCUT2D eigenvalue weighted by Crippen LogP contribution is -2.67. The molecule has 0 aromatic carbocycles. The molecule has 1 heteroatoms. The van der Waals surface area contributed by atoms with Crippen molar-refractivity contribution in [2.45, 2.75) is 138 Å². The first kappa shape index (κ1) is 22.5. The minimum atomic E-state index is 0.179. The van der Waals surface area contributed by atoms with Crippen molar-refractivity contribution >= 4 is 0 Å². The van der Waals surface area contributed by atoms with Gasteiger partial charge in [0.25, 0.3) is 0 Å². The Morgan fingerprint density at radius 3 is 2.19 bits per heavy atom. The predicted molar refractivity (Wildman–Crippen MR) is 131 cm³/mol. The SMILES string of the molecule is CC(C)=CCC[C@@]1(C)CC[C@]2(C)[C@H]3CC[C@@H]4C(C)(C)[C@@H]5CC[C@]4(O5)[C@]3(C)CC[C@@]2(C)C1. The average molecular weight is 427 g/mol. The normalized spacial score (nSPS) is 54.6. The van der Waals surface area contributed by atoms with Crippen LogP contribution in [0.1, 0.15) is 126 Å². The molecule has 3 saturated carbocycles. The Kier molecular flexibility index (Phi) is 4.82. The fraction of sp³-hybridized carbons (Fsp3) is 0.933. The highest BCUT2D eigenvalue weighted by molar-refractivity contribution is 5.24. The van der Waals surface area contributed by atoms with Gasteiger partial charge in [-0.3, -0.25) is 0 Å². The van der Waals surface area contributed by atoms with E-state index in [1.54, 1.807) is 0 Å². The largest absolute Gasteiger partial charge is 0.370 e. The molecule has 0 amide bonds. The van der Waals surface area contributed by atoms with Crippen LogP contribution in [0.3, 0.4) is 0 Å². The fourth-order valence-electron chi connectivity index (χ4n) is 10.6. The molecule has 5 rings (SSSR count).